The van der Waals surface area contributed by atoms with Crippen molar-refractivity contribution in [2.45, 2.75) is 6.92 Å². The number of carboxylic acid groups (broad SMARTS) is 1. The van der Waals surface area contributed by atoms with Gasteiger partial charge in [0.2, 0.25) is 5.91 Å². The van der Waals surface area contributed by atoms with Gasteiger partial charge in [-0.3, -0.25) is 9.63 Å². The van der Waals surface area contributed by atoms with E-state index < -0.39 is 6.09 Å². The van der Waals surface area contributed by atoms with Crippen molar-refractivity contribution in [2.75, 3.05) is 13.2 Å². The van der Waals surface area contributed by atoms with Crippen LogP contribution in [0.3, 0.4) is 0 Å². The summed E-state index contributed by atoms with van der Waals surface area (Å²) in [5, 5.41) is 10.4. The van der Waals surface area contributed by atoms with Crippen molar-refractivity contribution in [1.82, 2.24) is 10.8 Å². The van der Waals surface area contributed by atoms with Crippen LogP contribution in [0.4, 0.5) is 4.79 Å². The molecule has 0 heterocycles. The van der Waals surface area contributed by atoms with Crippen LogP contribution in [-0.2, 0) is 9.63 Å². The molecule has 0 spiro atoms. The maximum Gasteiger partial charge on any atom is 0.428 e. The van der Waals surface area contributed by atoms with E-state index in [1.807, 2.05) is 0 Å². The molecule has 0 saturated heterocycles. The van der Waals surface area contributed by atoms with Crippen LogP contribution in [0.2, 0.25) is 0 Å². The van der Waals surface area contributed by atoms with Crippen LogP contribution in [0.5, 0.6) is 0 Å². The third kappa shape index (κ3) is 6.59. The zero-order chi connectivity index (χ0) is 8.69. The summed E-state index contributed by atoms with van der Waals surface area (Å²) in [6.07, 6.45) is -1.32. The van der Waals surface area contributed by atoms with Gasteiger partial charge in [0, 0.05) is 6.54 Å². The Kier molecular flexibility index (Phi) is 4.83. The molecule has 0 aliphatic rings. The number of carbonyl (C=O) groups excluding carboxylic acids is 1. The molecule has 0 aromatic heterocycles. The smallest absolute Gasteiger partial charge is 0.428 e. The SMILES string of the molecule is CCNC(=O)CONC(=O)O. The molecular formula is C5H10N2O4. The van der Waals surface area contributed by atoms with Crippen LogP contribution < -0.4 is 10.8 Å². The Balaban J connectivity index is 3.24. The van der Waals surface area contributed by atoms with Gasteiger partial charge in [-0.2, -0.15) is 5.48 Å². The summed E-state index contributed by atoms with van der Waals surface area (Å²) in [5.41, 5.74) is 1.59. The molecule has 64 valence electrons. The maximum atomic E-state index is 10.6. The molecule has 2 amide bonds. The van der Waals surface area contributed by atoms with E-state index in [0.717, 1.165) is 0 Å². The second-order valence-electron chi connectivity index (χ2n) is 1.65. The first-order valence-corrected chi connectivity index (χ1v) is 3.04. The van der Waals surface area contributed by atoms with Crippen molar-refractivity contribution in [3.05, 3.63) is 0 Å². The quantitative estimate of drug-likeness (QED) is 0.478. The minimum atomic E-state index is -1.32. The maximum absolute atomic E-state index is 10.6. The summed E-state index contributed by atoms with van der Waals surface area (Å²) < 4.78 is 0. The van der Waals surface area contributed by atoms with Crippen LogP contribution in [0.25, 0.3) is 0 Å². The average Bonchev–Trinajstić information content (AvgIpc) is 1.87. The highest BCUT2D eigenvalue weighted by Crippen LogP contribution is 1.69. The molecule has 0 aromatic rings. The number of amides is 2. The first kappa shape index (κ1) is 9.70. The number of hydrogen-bond donors (Lipinski definition) is 3. The minimum Gasteiger partial charge on any atom is -0.464 e. The Hall–Kier alpha value is -1.30. The lowest BCUT2D eigenvalue weighted by atomic mass is 10.6. The Morgan fingerprint density at radius 3 is 2.64 bits per heavy atom. The monoisotopic (exact) mass is 162 g/mol. The molecule has 0 saturated carbocycles. The van der Waals surface area contributed by atoms with Gasteiger partial charge in [-0.1, -0.05) is 0 Å². The topological polar surface area (TPSA) is 87.7 Å². The van der Waals surface area contributed by atoms with E-state index in [1.165, 1.54) is 0 Å². The summed E-state index contributed by atoms with van der Waals surface area (Å²) in [6.45, 7) is 1.94. The van der Waals surface area contributed by atoms with Gasteiger partial charge >= 0.3 is 6.09 Å². The second kappa shape index (κ2) is 5.48. The summed E-state index contributed by atoms with van der Waals surface area (Å²) >= 11 is 0. The lowest BCUT2D eigenvalue weighted by Gasteiger charge is -2.01. The highest BCUT2D eigenvalue weighted by molar-refractivity contribution is 5.77. The number of hydroxylamine groups is 1. The molecule has 0 fully saturated rings. The molecule has 0 bridgehead atoms. The molecule has 0 aromatic carbocycles. The largest absolute Gasteiger partial charge is 0.464 e. The Morgan fingerprint density at radius 1 is 1.55 bits per heavy atom. The molecule has 6 nitrogen and oxygen atoms in total. The first-order chi connectivity index (χ1) is 5.16. The van der Waals surface area contributed by atoms with Gasteiger partial charge in [-0.15, -0.1) is 0 Å². The minimum absolute atomic E-state index is 0.305. The lowest BCUT2D eigenvalue weighted by Crippen LogP contribution is -2.32. The van der Waals surface area contributed by atoms with Gasteiger partial charge < -0.3 is 10.4 Å². The number of likely N-dealkylation sites (N-methyl/N-ethyl adjacent to an activating group) is 1. The normalized spacial score (nSPS) is 8.82. The predicted molar refractivity (Wildman–Crippen MR) is 35.8 cm³/mol. The highest BCUT2D eigenvalue weighted by Gasteiger charge is 1.99. The molecule has 0 unspecified atom stereocenters. The summed E-state index contributed by atoms with van der Waals surface area (Å²) in [6, 6.07) is 0. The third-order valence-corrected chi connectivity index (χ3v) is 0.737. The van der Waals surface area contributed by atoms with E-state index in [2.05, 4.69) is 10.2 Å². The van der Waals surface area contributed by atoms with Crippen molar-refractivity contribution in [3.63, 3.8) is 0 Å². The highest BCUT2D eigenvalue weighted by atomic mass is 16.7. The molecule has 0 atom stereocenters. The van der Waals surface area contributed by atoms with Crippen molar-refractivity contribution >= 4 is 12.0 Å². The van der Waals surface area contributed by atoms with Crippen LogP contribution >= 0.6 is 0 Å². The number of rotatable bonds is 4. The molecular weight excluding hydrogens is 152 g/mol. The molecule has 0 radical (unpaired) electrons. The number of carbonyl (C=O) groups is 2. The average molecular weight is 162 g/mol. The summed E-state index contributed by atoms with van der Waals surface area (Å²) in [5.74, 6) is -0.360. The van der Waals surface area contributed by atoms with Gasteiger partial charge in [-0.25, -0.2) is 4.79 Å². The van der Waals surface area contributed by atoms with Crippen LogP contribution in [0, 0.1) is 0 Å². The number of hydrogen-bond acceptors (Lipinski definition) is 3. The molecule has 11 heavy (non-hydrogen) atoms. The van der Waals surface area contributed by atoms with Gasteiger partial charge in [0.15, 0.2) is 6.61 Å². The van der Waals surface area contributed by atoms with Crippen LogP contribution in [-0.4, -0.2) is 30.3 Å². The van der Waals surface area contributed by atoms with Gasteiger partial charge in [0.05, 0.1) is 0 Å². The molecule has 6 heteroatoms. The summed E-state index contributed by atoms with van der Waals surface area (Å²) in [4.78, 5) is 24.6. The second-order valence-corrected chi connectivity index (χ2v) is 1.65. The fourth-order valence-corrected chi connectivity index (χ4v) is 0.412. The Morgan fingerprint density at radius 2 is 2.18 bits per heavy atom. The van der Waals surface area contributed by atoms with E-state index in [1.54, 1.807) is 12.4 Å². The van der Waals surface area contributed by atoms with E-state index >= 15 is 0 Å². The van der Waals surface area contributed by atoms with Crippen LogP contribution in [0.1, 0.15) is 6.92 Å². The standard InChI is InChI=1S/C5H10N2O4/c1-2-6-4(8)3-11-7-5(9)10/h7H,2-3H2,1H3,(H,6,8)(H,9,10). The summed E-state index contributed by atoms with van der Waals surface area (Å²) in [7, 11) is 0. The zero-order valence-electron chi connectivity index (χ0n) is 6.09. The van der Waals surface area contributed by atoms with E-state index in [-0.39, 0.29) is 12.5 Å². The fourth-order valence-electron chi connectivity index (χ4n) is 0.412. The van der Waals surface area contributed by atoms with E-state index in [4.69, 9.17) is 5.11 Å². The van der Waals surface area contributed by atoms with E-state index in [9.17, 15) is 9.59 Å². The van der Waals surface area contributed by atoms with Crippen LogP contribution in [0.15, 0.2) is 0 Å². The van der Waals surface area contributed by atoms with Crippen molar-refractivity contribution in [2.24, 2.45) is 0 Å². The zero-order valence-corrected chi connectivity index (χ0v) is 6.09. The first-order valence-electron chi connectivity index (χ1n) is 3.04. The molecule has 0 rings (SSSR count). The molecule has 3 N–H and O–H groups in total. The van der Waals surface area contributed by atoms with Crippen molar-refractivity contribution in [1.29, 1.82) is 0 Å². The van der Waals surface area contributed by atoms with Gasteiger partial charge in [-0.05, 0) is 6.92 Å². The van der Waals surface area contributed by atoms with E-state index in [0.29, 0.717) is 6.54 Å². The van der Waals surface area contributed by atoms with Gasteiger partial charge in [0.1, 0.15) is 0 Å². The van der Waals surface area contributed by atoms with Gasteiger partial charge in [0.25, 0.3) is 0 Å². The molecule has 0 aliphatic carbocycles. The number of nitrogens with one attached hydrogen (secondary N) is 2. The third-order valence-electron chi connectivity index (χ3n) is 0.737. The fraction of sp³-hybridized carbons (Fsp3) is 0.600. The lowest BCUT2D eigenvalue weighted by molar-refractivity contribution is -0.127. The van der Waals surface area contributed by atoms with Crippen molar-refractivity contribution in [3.8, 4) is 0 Å². The molecule has 0 aliphatic heterocycles. The predicted octanol–water partition coefficient (Wildman–Crippen LogP) is -0.678. The van der Waals surface area contributed by atoms with Crippen molar-refractivity contribution < 1.29 is 19.5 Å². The Labute approximate surface area is 63.5 Å². The Bertz CT molecular complexity index is 147.